The second kappa shape index (κ2) is 5.78. The zero-order chi connectivity index (χ0) is 13.0. The molecule has 0 amide bonds. The Bertz CT molecular complexity index is 486. The van der Waals surface area contributed by atoms with Crippen molar-refractivity contribution < 1.29 is 5.11 Å². The number of aliphatic hydroxyl groups excluding tert-OH is 1. The highest BCUT2D eigenvalue weighted by Gasteiger charge is 2.17. The molecular weight excluding hydrogens is 222 g/mol. The summed E-state index contributed by atoms with van der Waals surface area (Å²) < 4.78 is 0. The maximum absolute atomic E-state index is 10.6. The third-order valence-corrected chi connectivity index (χ3v) is 3.32. The SMILES string of the molecule is CCc1cccc(CC)c1[C@@H](O)c1cccnc1. The van der Waals surface area contributed by atoms with Gasteiger partial charge in [0.25, 0.3) is 0 Å². The number of rotatable bonds is 4. The lowest BCUT2D eigenvalue weighted by Crippen LogP contribution is -2.07. The van der Waals surface area contributed by atoms with E-state index in [0.717, 1.165) is 24.0 Å². The first-order valence-corrected chi connectivity index (χ1v) is 6.46. The van der Waals surface area contributed by atoms with Crippen molar-refractivity contribution in [1.29, 1.82) is 0 Å². The first-order chi connectivity index (χ1) is 8.77. The first kappa shape index (κ1) is 12.8. The Morgan fingerprint density at radius 2 is 1.72 bits per heavy atom. The molecule has 1 N–H and O–H groups in total. The molecule has 1 aromatic carbocycles. The largest absolute Gasteiger partial charge is 0.384 e. The van der Waals surface area contributed by atoms with Crippen LogP contribution in [0.3, 0.4) is 0 Å². The number of aryl methyl sites for hydroxylation is 2. The first-order valence-electron chi connectivity index (χ1n) is 6.46. The third kappa shape index (κ3) is 2.44. The molecule has 0 saturated carbocycles. The molecule has 0 saturated heterocycles. The molecule has 0 fully saturated rings. The number of nitrogens with zero attached hydrogens (tertiary/aromatic N) is 1. The van der Waals surface area contributed by atoms with Crippen molar-refractivity contribution in [1.82, 2.24) is 4.98 Å². The topological polar surface area (TPSA) is 33.1 Å². The smallest absolute Gasteiger partial charge is 0.106 e. The maximum Gasteiger partial charge on any atom is 0.106 e. The van der Waals surface area contributed by atoms with Crippen LogP contribution < -0.4 is 0 Å². The number of aliphatic hydroxyl groups is 1. The van der Waals surface area contributed by atoms with Gasteiger partial charge in [0.05, 0.1) is 0 Å². The van der Waals surface area contributed by atoms with Gasteiger partial charge in [-0.05, 0) is 35.6 Å². The van der Waals surface area contributed by atoms with Crippen LogP contribution in [-0.2, 0) is 12.8 Å². The summed E-state index contributed by atoms with van der Waals surface area (Å²) in [6.45, 7) is 4.24. The second-order valence-electron chi connectivity index (χ2n) is 4.39. The number of aromatic nitrogens is 1. The lowest BCUT2D eigenvalue weighted by atomic mass is 9.91. The lowest BCUT2D eigenvalue weighted by Gasteiger charge is -2.18. The molecule has 0 bridgehead atoms. The summed E-state index contributed by atoms with van der Waals surface area (Å²) in [6, 6.07) is 10.0. The summed E-state index contributed by atoms with van der Waals surface area (Å²) in [7, 11) is 0. The molecular formula is C16H19NO. The minimum absolute atomic E-state index is 0.579. The molecule has 1 aromatic heterocycles. The predicted molar refractivity (Wildman–Crippen MR) is 73.5 cm³/mol. The van der Waals surface area contributed by atoms with Crippen LogP contribution in [0.25, 0.3) is 0 Å². The predicted octanol–water partition coefficient (Wildman–Crippen LogP) is 3.29. The summed E-state index contributed by atoms with van der Waals surface area (Å²) in [4.78, 5) is 4.08. The molecule has 1 atom stereocenters. The van der Waals surface area contributed by atoms with Crippen LogP contribution in [0.2, 0.25) is 0 Å². The Hall–Kier alpha value is -1.67. The highest BCUT2D eigenvalue weighted by Crippen LogP contribution is 2.28. The maximum atomic E-state index is 10.6. The molecule has 0 unspecified atom stereocenters. The van der Waals surface area contributed by atoms with Gasteiger partial charge in [-0.3, -0.25) is 4.98 Å². The molecule has 2 heteroatoms. The van der Waals surface area contributed by atoms with Crippen molar-refractivity contribution in [3.05, 3.63) is 65.0 Å². The van der Waals surface area contributed by atoms with Crippen molar-refractivity contribution in [2.75, 3.05) is 0 Å². The highest BCUT2D eigenvalue weighted by molar-refractivity contribution is 5.41. The van der Waals surface area contributed by atoms with Crippen molar-refractivity contribution >= 4 is 0 Å². The van der Waals surface area contributed by atoms with E-state index < -0.39 is 6.10 Å². The molecule has 0 radical (unpaired) electrons. The molecule has 0 aliphatic rings. The van der Waals surface area contributed by atoms with Crippen LogP contribution in [0, 0.1) is 0 Å². The Kier molecular flexibility index (Phi) is 4.11. The summed E-state index contributed by atoms with van der Waals surface area (Å²) in [5.74, 6) is 0. The molecule has 2 rings (SSSR count). The van der Waals surface area contributed by atoms with E-state index in [1.165, 1.54) is 11.1 Å². The van der Waals surface area contributed by atoms with Crippen LogP contribution in [0.1, 0.15) is 42.2 Å². The fourth-order valence-corrected chi connectivity index (χ4v) is 2.34. The number of hydrogen-bond acceptors (Lipinski definition) is 2. The lowest BCUT2D eigenvalue weighted by molar-refractivity contribution is 0.217. The van der Waals surface area contributed by atoms with Crippen molar-refractivity contribution in [2.45, 2.75) is 32.8 Å². The van der Waals surface area contributed by atoms with Crippen LogP contribution >= 0.6 is 0 Å². The average Bonchev–Trinajstić information content (AvgIpc) is 2.46. The minimum atomic E-state index is -0.579. The van der Waals surface area contributed by atoms with E-state index in [4.69, 9.17) is 0 Å². The summed E-state index contributed by atoms with van der Waals surface area (Å²) in [5, 5.41) is 10.6. The van der Waals surface area contributed by atoms with E-state index in [-0.39, 0.29) is 0 Å². The number of hydrogen-bond donors (Lipinski definition) is 1. The van der Waals surface area contributed by atoms with Gasteiger partial charge >= 0.3 is 0 Å². The van der Waals surface area contributed by atoms with E-state index in [2.05, 4.69) is 37.0 Å². The van der Waals surface area contributed by atoms with Crippen LogP contribution in [0.5, 0.6) is 0 Å². The van der Waals surface area contributed by atoms with Gasteiger partial charge in [0, 0.05) is 18.0 Å². The number of pyridine rings is 1. The Balaban J connectivity index is 2.49. The summed E-state index contributed by atoms with van der Waals surface area (Å²) in [6.07, 6.45) is 4.74. The van der Waals surface area contributed by atoms with Gasteiger partial charge in [-0.25, -0.2) is 0 Å². The van der Waals surface area contributed by atoms with Crippen LogP contribution in [0.15, 0.2) is 42.7 Å². The molecule has 0 aliphatic carbocycles. The highest BCUT2D eigenvalue weighted by atomic mass is 16.3. The molecule has 2 nitrogen and oxygen atoms in total. The Morgan fingerprint density at radius 3 is 2.22 bits per heavy atom. The van der Waals surface area contributed by atoms with Gasteiger partial charge < -0.3 is 5.11 Å². The molecule has 0 aliphatic heterocycles. The summed E-state index contributed by atoms with van der Waals surface area (Å²) in [5.41, 5.74) is 4.33. The number of benzene rings is 1. The zero-order valence-corrected chi connectivity index (χ0v) is 10.9. The average molecular weight is 241 g/mol. The van der Waals surface area contributed by atoms with E-state index in [0.29, 0.717) is 0 Å². The Labute approximate surface area is 108 Å². The quantitative estimate of drug-likeness (QED) is 0.891. The van der Waals surface area contributed by atoms with Gasteiger partial charge in [0.15, 0.2) is 0 Å². The Morgan fingerprint density at radius 1 is 1.06 bits per heavy atom. The fourth-order valence-electron chi connectivity index (χ4n) is 2.34. The third-order valence-electron chi connectivity index (χ3n) is 3.32. The van der Waals surface area contributed by atoms with Gasteiger partial charge in [0.2, 0.25) is 0 Å². The zero-order valence-electron chi connectivity index (χ0n) is 10.9. The van der Waals surface area contributed by atoms with Crippen molar-refractivity contribution in [3.8, 4) is 0 Å². The van der Waals surface area contributed by atoms with Gasteiger partial charge in [0.1, 0.15) is 6.10 Å². The van der Waals surface area contributed by atoms with Gasteiger partial charge in [-0.15, -0.1) is 0 Å². The minimum Gasteiger partial charge on any atom is -0.384 e. The fraction of sp³-hybridized carbons (Fsp3) is 0.312. The molecule has 18 heavy (non-hydrogen) atoms. The van der Waals surface area contributed by atoms with Crippen molar-refractivity contribution in [2.24, 2.45) is 0 Å². The van der Waals surface area contributed by atoms with Crippen LogP contribution in [-0.4, -0.2) is 10.1 Å². The van der Waals surface area contributed by atoms with E-state index in [1.807, 2.05) is 12.1 Å². The molecule has 2 aromatic rings. The normalized spacial score (nSPS) is 12.4. The van der Waals surface area contributed by atoms with Crippen molar-refractivity contribution in [3.63, 3.8) is 0 Å². The van der Waals surface area contributed by atoms with E-state index in [1.54, 1.807) is 12.4 Å². The van der Waals surface area contributed by atoms with E-state index >= 15 is 0 Å². The standard InChI is InChI=1S/C16H19NO/c1-3-12-7-5-8-13(4-2)15(12)16(18)14-9-6-10-17-11-14/h5-11,16,18H,3-4H2,1-2H3/t16-/m0/s1. The molecule has 94 valence electrons. The van der Waals surface area contributed by atoms with Gasteiger partial charge in [-0.2, -0.15) is 0 Å². The molecule has 1 heterocycles. The van der Waals surface area contributed by atoms with E-state index in [9.17, 15) is 5.11 Å². The monoisotopic (exact) mass is 241 g/mol. The van der Waals surface area contributed by atoms with Crippen LogP contribution in [0.4, 0.5) is 0 Å². The molecule has 0 spiro atoms. The summed E-state index contributed by atoms with van der Waals surface area (Å²) >= 11 is 0. The van der Waals surface area contributed by atoms with Gasteiger partial charge in [-0.1, -0.05) is 38.1 Å². The second-order valence-corrected chi connectivity index (χ2v) is 4.39.